The van der Waals surface area contributed by atoms with E-state index < -0.39 is 5.60 Å². The zero-order valence-electron chi connectivity index (χ0n) is 27.3. The maximum atomic E-state index is 12.9. The van der Waals surface area contributed by atoms with Crippen molar-refractivity contribution in [2.24, 2.45) is 4.99 Å². The van der Waals surface area contributed by atoms with Gasteiger partial charge in [0.05, 0.1) is 30.2 Å². The van der Waals surface area contributed by atoms with Crippen LogP contribution in [0, 0.1) is 0 Å². The maximum absolute atomic E-state index is 12.9. The Balaban J connectivity index is 0.964. The molecule has 0 bridgehead atoms. The fraction of sp³-hybridized carbons (Fsp3) is 0.361. The SMILES string of the molecule is CC(C)(C)OC(=O)N1CCC[C@H]1c1ncc(-c2ccc(-c3ncc(C4=CN=C([C@@H]5CCCN5C(=O)Oc5cccnc5)C4)cn3)cc2)[nH]1. The lowest BCUT2D eigenvalue weighted by Crippen LogP contribution is -2.41. The molecular weight excluding hydrogens is 608 g/mol. The molecule has 6 heterocycles. The van der Waals surface area contributed by atoms with Crippen molar-refractivity contribution in [2.45, 2.75) is 70.6 Å². The van der Waals surface area contributed by atoms with E-state index in [0.29, 0.717) is 31.1 Å². The molecule has 3 aromatic heterocycles. The highest BCUT2D eigenvalue weighted by Crippen LogP contribution is 2.34. The molecule has 7 rings (SSSR count). The fourth-order valence-corrected chi connectivity index (χ4v) is 6.41. The van der Waals surface area contributed by atoms with Crippen LogP contribution in [0.25, 0.3) is 28.2 Å². The molecule has 0 spiro atoms. The van der Waals surface area contributed by atoms with Gasteiger partial charge in [-0.3, -0.25) is 19.8 Å². The van der Waals surface area contributed by atoms with Gasteiger partial charge in [-0.2, -0.15) is 0 Å². The van der Waals surface area contributed by atoms with Crippen LogP contribution in [0.1, 0.15) is 70.3 Å². The van der Waals surface area contributed by atoms with Crippen molar-refractivity contribution < 1.29 is 19.1 Å². The predicted octanol–water partition coefficient (Wildman–Crippen LogP) is 6.85. The van der Waals surface area contributed by atoms with Crippen LogP contribution in [0.3, 0.4) is 0 Å². The van der Waals surface area contributed by atoms with Crippen molar-refractivity contribution >= 4 is 23.5 Å². The van der Waals surface area contributed by atoms with E-state index in [-0.39, 0.29) is 24.3 Å². The fourth-order valence-electron chi connectivity index (χ4n) is 6.41. The lowest BCUT2D eigenvalue weighted by atomic mass is 10.0. The van der Waals surface area contributed by atoms with Crippen molar-refractivity contribution in [3.05, 3.63) is 85.0 Å². The number of carbonyl (C=O) groups excluding carboxylic acids is 2. The summed E-state index contributed by atoms with van der Waals surface area (Å²) in [5, 5.41) is 0. The zero-order chi connectivity index (χ0) is 33.3. The van der Waals surface area contributed by atoms with Crippen molar-refractivity contribution in [3.8, 4) is 28.4 Å². The Hall–Kier alpha value is -5.39. The molecular formula is C36H38N8O4. The third-order valence-electron chi connectivity index (χ3n) is 8.74. The third kappa shape index (κ3) is 6.69. The number of hydrogen-bond acceptors (Lipinski definition) is 9. The molecule has 2 amide bonds. The van der Waals surface area contributed by atoms with Crippen LogP contribution in [0.2, 0.25) is 0 Å². The van der Waals surface area contributed by atoms with Crippen LogP contribution in [-0.2, 0) is 4.74 Å². The highest BCUT2D eigenvalue weighted by atomic mass is 16.6. The molecule has 12 nitrogen and oxygen atoms in total. The second-order valence-electron chi connectivity index (χ2n) is 13.2. The topological polar surface area (TPSA) is 139 Å². The Labute approximate surface area is 279 Å². The van der Waals surface area contributed by atoms with E-state index in [9.17, 15) is 9.59 Å². The Morgan fingerprint density at radius 3 is 2.25 bits per heavy atom. The number of allylic oxidation sites excluding steroid dienone is 1. The summed E-state index contributed by atoms with van der Waals surface area (Å²) in [4.78, 5) is 55.2. The van der Waals surface area contributed by atoms with Crippen LogP contribution in [0.4, 0.5) is 9.59 Å². The van der Waals surface area contributed by atoms with E-state index in [0.717, 1.165) is 65.2 Å². The minimum Gasteiger partial charge on any atom is -0.444 e. The Kier molecular flexibility index (Phi) is 8.47. The van der Waals surface area contributed by atoms with Crippen LogP contribution in [0.5, 0.6) is 5.75 Å². The van der Waals surface area contributed by atoms with Gasteiger partial charge >= 0.3 is 12.2 Å². The minimum absolute atomic E-state index is 0.102. The number of amides is 2. The van der Waals surface area contributed by atoms with Gasteiger partial charge in [0.2, 0.25) is 0 Å². The largest absolute Gasteiger partial charge is 0.444 e. The average Bonchev–Trinajstić information content (AvgIpc) is 3.91. The van der Waals surface area contributed by atoms with Crippen molar-refractivity contribution in [2.75, 3.05) is 13.1 Å². The molecule has 0 radical (unpaired) electrons. The normalized spacial score (nSPS) is 19.3. The summed E-state index contributed by atoms with van der Waals surface area (Å²) in [5.74, 6) is 1.81. The number of nitrogens with one attached hydrogen (secondary N) is 1. The summed E-state index contributed by atoms with van der Waals surface area (Å²) in [7, 11) is 0. The molecule has 2 saturated heterocycles. The molecule has 12 heteroatoms. The summed E-state index contributed by atoms with van der Waals surface area (Å²) >= 11 is 0. The molecule has 246 valence electrons. The van der Waals surface area contributed by atoms with E-state index in [1.807, 2.05) is 63.6 Å². The van der Waals surface area contributed by atoms with Gasteiger partial charge in [0.25, 0.3) is 0 Å². The number of benzene rings is 1. The molecule has 3 aliphatic heterocycles. The summed E-state index contributed by atoms with van der Waals surface area (Å²) < 4.78 is 11.2. The van der Waals surface area contributed by atoms with E-state index in [2.05, 4.69) is 24.9 Å². The van der Waals surface area contributed by atoms with Crippen molar-refractivity contribution in [1.82, 2.24) is 34.7 Å². The lowest BCUT2D eigenvalue weighted by Gasteiger charge is -2.27. The standard InChI is InChI=1S/C36H38N8O4/c1-36(2,3)48-35(46)44-16-6-9-31(44)33-41-22-29(42-33)23-10-12-24(13-11-23)32-39-19-26(20-40-32)25-17-28(38-18-25)30-8-5-15-43(30)34(45)47-27-7-4-14-37-21-27/h4,7,10-14,18-22,30-31H,5-6,8-9,15-17H2,1-3H3,(H,41,42)/t30-,31-/m0/s1. The molecule has 2 atom stereocenters. The number of pyridine rings is 1. The number of carbonyl (C=O) groups is 2. The van der Waals surface area contributed by atoms with Gasteiger partial charge in [-0.1, -0.05) is 24.3 Å². The van der Waals surface area contributed by atoms with Gasteiger partial charge in [0.15, 0.2) is 11.6 Å². The van der Waals surface area contributed by atoms with Crippen molar-refractivity contribution in [3.63, 3.8) is 0 Å². The van der Waals surface area contributed by atoms with E-state index in [4.69, 9.17) is 14.5 Å². The number of ether oxygens (including phenoxy) is 2. The zero-order valence-corrected chi connectivity index (χ0v) is 27.3. The highest BCUT2D eigenvalue weighted by Gasteiger charge is 2.36. The molecule has 0 unspecified atom stereocenters. The monoisotopic (exact) mass is 646 g/mol. The van der Waals surface area contributed by atoms with Crippen LogP contribution >= 0.6 is 0 Å². The predicted molar refractivity (Wildman–Crippen MR) is 180 cm³/mol. The third-order valence-corrected chi connectivity index (χ3v) is 8.74. The number of imidazole rings is 1. The number of aromatic amines is 1. The molecule has 0 saturated carbocycles. The molecule has 1 N–H and O–H groups in total. The first-order chi connectivity index (χ1) is 23.2. The number of hydrogen-bond donors (Lipinski definition) is 1. The molecule has 0 aliphatic carbocycles. The van der Waals surface area contributed by atoms with Gasteiger partial charge in [-0.15, -0.1) is 0 Å². The van der Waals surface area contributed by atoms with E-state index in [1.54, 1.807) is 34.3 Å². The summed E-state index contributed by atoms with van der Waals surface area (Å²) in [6.07, 6.45) is 13.9. The number of aromatic nitrogens is 5. The first-order valence-electron chi connectivity index (χ1n) is 16.3. The Bertz CT molecular complexity index is 1850. The number of H-pyrrole nitrogens is 1. The van der Waals surface area contributed by atoms with E-state index >= 15 is 0 Å². The number of rotatable bonds is 6. The quantitative estimate of drug-likeness (QED) is 0.240. The van der Waals surface area contributed by atoms with Gasteiger partial charge < -0.3 is 14.5 Å². The van der Waals surface area contributed by atoms with Crippen LogP contribution in [0.15, 0.2) is 78.6 Å². The molecule has 2 fully saturated rings. The van der Waals surface area contributed by atoms with Gasteiger partial charge in [0.1, 0.15) is 11.4 Å². The number of likely N-dealkylation sites (tertiary alicyclic amines) is 2. The lowest BCUT2D eigenvalue weighted by molar-refractivity contribution is 0.0218. The first kappa shape index (κ1) is 31.2. The van der Waals surface area contributed by atoms with Crippen LogP contribution < -0.4 is 4.74 Å². The smallest absolute Gasteiger partial charge is 0.415 e. The number of aliphatic imine (C=N–C) groups is 1. The Morgan fingerprint density at radius 2 is 1.54 bits per heavy atom. The average molecular weight is 647 g/mol. The maximum Gasteiger partial charge on any atom is 0.415 e. The highest BCUT2D eigenvalue weighted by molar-refractivity contribution is 6.02. The molecule has 3 aliphatic rings. The molecule has 1 aromatic carbocycles. The van der Waals surface area contributed by atoms with E-state index in [1.165, 1.54) is 6.20 Å². The van der Waals surface area contributed by atoms with Gasteiger partial charge in [-0.25, -0.2) is 24.5 Å². The van der Waals surface area contributed by atoms with Crippen LogP contribution in [-0.4, -0.2) is 77.4 Å². The second kappa shape index (κ2) is 13.0. The van der Waals surface area contributed by atoms with Gasteiger partial charge in [-0.05, 0) is 69.7 Å². The number of nitrogens with zero attached hydrogens (tertiary/aromatic N) is 7. The summed E-state index contributed by atoms with van der Waals surface area (Å²) in [5.41, 5.74) is 5.05. The minimum atomic E-state index is -0.548. The first-order valence-corrected chi connectivity index (χ1v) is 16.3. The Morgan fingerprint density at radius 1 is 0.833 bits per heavy atom. The summed E-state index contributed by atoms with van der Waals surface area (Å²) in [6.45, 7) is 6.90. The molecule has 48 heavy (non-hydrogen) atoms. The molecule has 4 aromatic rings. The second-order valence-corrected chi connectivity index (χ2v) is 13.2. The van der Waals surface area contributed by atoms with Gasteiger partial charge in [0, 0.05) is 61.1 Å². The van der Waals surface area contributed by atoms with Crippen molar-refractivity contribution in [1.29, 1.82) is 0 Å². The summed E-state index contributed by atoms with van der Waals surface area (Å²) in [6, 6.07) is 11.2.